The quantitative estimate of drug-likeness (QED) is 0.274. The Hall–Kier alpha value is -2.99. The van der Waals surface area contributed by atoms with Gasteiger partial charge in [0, 0.05) is 11.6 Å². The molecule has 0 saturated heterocycles. The number of carbonyl (C=O) groups is 3. The molecule has 0 aliphatic heterocycles. The fourth-order valence-electron chi connectivity index (χ4n) is 2.18. The molecule has 0 atom stereocenters. The third-order valence-electron chi connectivity index (χ3n) is 3.74. The molecule has 2 aromatic carbocycles. The molecule has 0 aliphatic rings. The lowest BCUT2D eigenvalue weighted by Crippen LogP contribution is -2.34. The Kier molecular flexibility index (Phi) is 10.6. The minimum absolute atomic E-state index is 0.0863. The second-order valence-electron chi connectivity index (χ2n) is 6.09. The van der Waals surface area contributed by atoms with Crippen LogP contribution in [-0.4, -0.2) is 49.6 Å². The zero-order valence-electron chi connectivity index (χ0n) is 16.2. The van der Waals surface area contributed by atoms with Crippen LogP contribution >= 0.6 is 11.6 Å². The number of hydrogen-bond donors (Lipinski definition) is 5. The second kappa shape index (κ2) is 12.6. The van der Waals surface area contributed by atoms with Crippen molar-refractivity contribution in [1.82, 2.24) is 10.6 Å². The largest absolute Gasteiger partial charge is 0.473 e. The van der Waals surface area contributed by atoms with Gasteiger partial charge in [-0.3, -0.25) is 4.79 Å². The van der Waals surface area contributed by atoms with E-state index in [9.17, 15) is 13.2 Å². The van der Waals surface area contributed by atoms with Crippen LogP contribution in [0, 0.1) is 0 Å². The first-order valence-corrected chi connectivity index (χ1v) is 10.7. The molecule has 0 radical (unpaired) electrons. The molecule has 0 spiro atoms. The lowest BCUT2D eigenvalue weighted by atomic mass is 10.1. The SMILES string of the molecule is NS(=O)(=O)c1ccc(CCNCC(=O)NCc2ccccc2Cl)cc1.O=C(O)C(=O)O. The number of aliphatic carboxylic acids is 2. The summed E-state index contributed by atoms with van der Waals surface area (Å²) in [6.07, 6.45) is 0.669. The first-order chi connectivity index (χ1) is 14.5. The van der Waals surface area contributed by atoms with Gasteiger partial charge in [-0.15, -0.1) is 0 Å². The van der Waals surface area contributed by atoms with E-state index in [1.165, 1.54) is 12.1 Å². The maximum atomic E-state index is 11.8. The van der Waals surface area contributed by atoms with Crippen molar-refractivity contribution in [3.05, 3.63) is 64.7 Å². The van der Waals surface area contributed by atoms with Crippen molar-refractivity contribution in [2.24, 2.45) is 5.14 Å². The number of carboxylic acid groups (broad SMARTS) is 2. The van der Waals surface area contributed by atoms with Crippen LogP contribution in [0.5, 0.6) is 0 Å². The average molecular weight is 472 g/mol. The van der Waals surface area contributed by atoms with Crippen molar-refractivity contribution >= 4 is 39.5 Å². The molecule has 31 heavy (non-hydrogen) atoms. The number of hydrogen-bond acceptors (Lipinski definition) is 6. The van der Waals surface area contributed by atoms with Crippen molar-refractivity contribution in [3.63, 3.8) is 0 Å². The zero-order valence-corrected chi connectivity index (χ0v) is 17.8. The Bertz CT molecular complexity index is 999. The molecule has 2 aromatic rings. The number of sulfonamides is 1. The van der Waals surface area contributed by atoms with E-state index in [0.717, 1.165) is 11.1 Å². The predicted molar refractivity (Wildman–Crippen MR) is 113 cm³/mol. The molecule has 0 heterocycles. The van der Waals surface area contributed by atoms with Gasteiger partial charge in [-0.1, -0.05) is 41.9 Å². The summed E-state index contributed by atoms with van der Waals surface area (Å²) < 4.78 is 22.4. The van der Waals surface area contributed by atoms with E-state index in [-0.39, 0.29) is 17.3 Å². The summed E-state index contributed by atoms with van der Waals surface area (Å²) in [6, 6.07) is 13.7. The molecular weight excluding hydrogens is 450 g/mol. The molecular formula is C19H22ClN3O7S. The fourth-order valence-corrected chi connectivity index (χ4v) is 2.90. The predicted octanol–water partition coefficient (Wildman–Crippen LogP) is 0.592. The van der Waals surface area contributed by atoms with Crippen molar-refractivity contribution in [3.8, 4) is 0 Å². The van der Waals surface area contributed by atoms with Crippen molar-refractivity contribution in [1.29, 1.82) is 0 Å². The molecule has 0 bridgehead atoms. The van der Waals surface area contributed by atoms with Gasteiger partial charge in [0.1, 0.15) is 0 Å². The Labute approximate surface area is 184 Å². The normalized spacial score (nSPS) is 10.5. The average Bonchev–Trinajstić information content (AvgIpc) is 2.70. The summed E-state index contributed by atoms with van der Waals surface area (Å²) in [5, 5.41) is 26.3. The van der Waals surface area contributed by atoms with Crippen molar-refractivity contribution in [2.45, 2.75) is 17.9 Å². The van der Waals surface area contributed by atoms with Gasteiger partial charge in [-0.05, 0) is 42.3 Å². The van der Waals surface area contributed by atoms with Gasteiger partial charge in [0.25, 0.3) is 0 Å². The van der Waals surface area contributed by atoms with Crippen LogP contribution < -0.4 is 15.8 Å². The van der Waals surface area contributed by atoms with Crippen LogP contribution in [0.3, 0.4) is 0 Å². The van der Waals surface area contributed by atoms with Crippen LogP contribution in [0.25, 0.3) is 0 Å². The molecule has 0 saturated carbocycles. The van der Waals surface area contributed by atoms with E-state index in [0.29, 0.717) is 24.5 Å². The molecule has 168 valence electrons. The van der Waals surface area contributed by atoms with Gasteiger partial charge in [-0.2, -0.15) is 0 Å². The van der Waals surface area contributed by atoms with Crippen LogP contribution in [0.15, 0.2) is 53.4 Å². The highest BCUT2D eigenvalue weighted by Gasteiger charge is 2.07. The first kappa shape index (κ1) is 26.0. The number of nitrogens with two attached hydrogens (primary N) is 1. The monoisotopic (exact) mass is 471 g/mol. The van der Waals surface area contributed by atoms with Gasteiger partial charge in [0.05, 0.1) is 11.4 Å². The molecule has 0 aromatic heterocycles. The Morgan fingerprint density at radius 2 is 1.55 bits per heavy atom. The summed E-state index contributed by atoms with van der Waals surface area (Å²) >= 11 is 6.03. The van der Waals surface area contributed by atoms with E-state index >= 15 is 0 Å². The highest BCUT2D eigenvalue weighted by molar-refractivity contribution is 7.89. The Morgan fingerprint density at radius 1 is 0.968 bits per heavy atom. The van der Waals surface area contributed by atoms with Gasteiger partial charge in [0.15, 0.2) is 0 Å². The number of amides is 1. The maximum Gasteiger partial charge on any atom is 0.414 e. The third kappa shape index (κ3) is 10.6. The van der Waals surface area contributed by atoms with Crippen LogP contribution in [0.4, 0.5) is 0 Å². The summed E-state index contributed by atoms with van der Waals surface area (Å²) in [4.78, 5) is 30.1. The molecule has 0 aliphatic carbocycles. The van der Waals surface area contributed by atoms with Crippen LogP contribution in [-0.2, 0) is 37.4 Å². The highest BCUT2D eigenvalue weighted by Crippen LogP contribution is 2.14. The smallest absolute Gasteiger partial charge is 0.414 e. The van der Waals surface area contributed by atoms with Gasteiger partial charge in [0.2, 0.25) is 15.9 Å². The molecule has 1 amide bonds. The number of rotatable bonds is 8. The van der Waals surface area contributed by atoms with E-state index in [2.05, 4.69) is 10.6 Å². The number of nitrogens with one attached hydrogen (secondary N) is 2. The number of carbonyl (C=O) groups excluding carboxylic acids is 1. The molecule has 6 N–H and O–H groups in total. The topological polar surface area (TPSA) is 176 Å². The van der Waals surface area contributed by atoms with Gasteiger partial charge in [-0.25, -0.2) is 23.1 Å². The molecule has 2 rings (SSSR count). The van der Waals surface area contributed by atoms with Crippen LogP contribution in [0.1, 0.15) is 11.1 Å². The van der Waals surface area contributed by atoms with E-state index < -0.39 is 22.0 Å². The van der Waals surface area contributed by atoms with Crippen LogP contribution in [0.2, 0.25) is 5.02 Å². The zero-order chi connectivity index (χ0) is 23.4. The number of carboxylic acids is 2. The third-order valence-corrected chi connectivity index (χ3v) is 5.04. The lowest BCUT2D eigenvalue weighted by molar-refractivity contribution is -0.159. The summed E-state index contributed by atoms with van der Waals surface area (Å²) in [5.41, 5.74) is 1.82. The molecule has 0 unspecified atom stereocenters. The summed E-state index contributed by atoms with van der Waals surface area (Å²) in [6.45, 7) is 1.17. The molecule has 10 nitrogen and oxygen atoms in total. The Morgan fingerprint density at radius 3 is 2.06 bits per heavy atom. The highest BCUT2D eigenvalue weighted by atomic mass is 35.5. The van der Waals surface area contributed by atoms with Gasteiger partial charge < -0.3 is 20.8 Å². The summed E-state index contributed by atoms with van der Waals surface area (Å²) in [5.74, 6) is -3.77. The van der Waals surface area contributed by atoms with E-state index in [4.69, 9.17) is 36.5 Å². The number of halogens is 1. The van der Waals surface area contributed by atoms with Crippen molar-refractivity contribution in [2.75, 3.05) is 13.1 Å². The maximum absolute atomic E-state index is 11.8. The second-order valence-corrected chi connectivity index (χ2v) is 8.06. The standard InChI is InChI=1S/C17H20ClN3O3S.C2H2O4/c18-16-4-2-1-3-14(16)11-21-17(22)12-20-10-9-13-5-7-15(8-6-13)25(19,23)24;3-1(4)2(5)6/h1-8,20H,9-12H2,(H,21,22)(H2,19,23,24);(H,3,4)(H,5,6). The lowest BCUT2D eigenvalue weighted by Gasteiger charge is -2.08. The summed E-state index contributed by atoms with van der Waals surface area (Å²) in [7, 11) is -3.67. The minimum Gasteiger partial charge on any atom is -0.473 e. The number of primary sulfonamides is 1. The number of benzene rings is 2. The van der Waals surface area contributed by atoms with E-state index in [1.54, 1.807) is 18.2 Å². The van der Waals surface area contributed by atoms with E-state index in [1.807, 2.05) is 18.2 Å². The fraction of sp³-hybridized carbons (Fsp3) is 0.211. The van der Waals surface area contributed by atoms with Crippen molar-refractivity contribution < 1.29 is 33.0 Å². The molecule has 0 fully saturated rings. The minimum atomic E-state index is -3.67. The Balaban J connectivity index is 0.000000703. The first-order valence-electron chi connectivity index (χ1n) is 8.79. The van der Waals surface area contributed by atoms with Gasteiger partial charge >= 0.3 is 11.9 Å². The molecule has 12 heteroatoms.